The van der Waals surface area contributed by atoms with Gasteiger partial charge in [-0.2, -0.15) is 0 Å². The lowest BCUT2D eigenvalue weighted by molar-refractivity contribution is -0.0216. The van der Waals surface area contributed by atoms with Gasteiger partial charge < -0.3 is 5.11 Å². The molecule has 0 radical (unpaired) electrons. The predicted molar refractivity (Wildman–Crippen MR) is 52.0 cm³/mol. The first-order chi connectivity index (χ1) is 5.64. The van der Waals surface area contributed by atoms with Crippen molar-refractivity contribution in [3.63, 3.8) is 0 Å². The zero-order chi connectivity index (χ0) is 9.19. The van der Waals surface area contributed by atoms with Gasteiger partial charge in [0.15, 0.2) is 0 Å². The van der Waals surface area contributed by atoms with Crippen LogP contribution in [0.1, 0.15) is 52.9 Å². The van der Waals surface area contributed by atoms with Gasteiger partial charge in [0, 0.05) is 0 Å². The average molecular weight is 170 g/mol. The average Bonchev–Trinajstić information content (AvgIpc) is 2.47. The van der Waals surface area contributed by atoms with E-state index in [1.54, 1.807) is 0 Å². The smallest absolute Gasteiger partial charge is 0.0675 e. The molecule has 72 valence electrons. The third kappa shape index (κ3) is 1.66. The second-order valence-electron chi connectivity index (χ2n) is 4.34. The van der Waals surface area contributed by atoms with E-state index in [0.29, 0.717) is 11.8 Å². The van der Waals surface area contributed by atoms with Gasteiger partial charge in [0.1, 0.15) is 0 Å². The Bertz CT molecular complexity index is 144. The van der Waals surface area contributed by atoms with Crippen LogP contribution in [0.15, 0.2) is 0 Å². The molecule has 3 atom stereocenters. The van der Waals surface area contributed by atoms with Gasteiger partial charge in [0.2, 0.25) is 0 Å². The third-order valence-electron chi connectivity index (χ3n) is 3.76. The summed E-state index contributed by atoms with van der Waals surface area (Å²) in [6.07, 6.45) is 5.62. The Labute approximate surface area is 76.2 Å². The fourth-order valence-electron chi connectivity index (χ4n) is 2.62. The minimum atomic E-state index is -0.324. The van der Waals surface area contributed by atoms with Gasteiger partial charge >= 0.3 is 0 Å². The second kappa shape index (κ2) is 3.78. The SMILES string of the molecule is CCC(C)C1CCCC1(O)CC. The largest absolute Gasteiger partial charge is 0.390 e. The first-order valence-corrected chi connectivity index (χ1v) is 5.36. The van der Waals surface area contributed by atoms with E-state index in [9.17, 15) is 5.11 Å². The minimum absolute atomic E-state index is 0.324. The van der Waals surface area contributed by atoms with Gasteiger partial charge in [0.25, 0.3) is 0 Å². The van der Waals surface area contributed by atoms with Gasteiger partial charge in [-0.25, -0.2) is 0 Å². The molecule has 0 aromatic rings. The number of hydrogen-bond donors (Lipinski definition) is 1. The van der Waals surface area contributed by atoms with Gasteiger partial charge in [-0.05, 0) is 31.1 Å². The van der Waals surface area contributed by atoms with E-state index in [-0.39, 0.29) is 5.60 Å². The van der Waals surface area contributed by atoms with Crippen molar-refractivity contribution in [3.05, 3.63) is 0 Å². The monoisotopic (exact) mass is 170 g/mol. The molecule has 0 aromatic heterocycles. The Hall–Kier alpha value is -0.0400. The molecule has 1 heteroatoms. The molecule has 12 heavy (non-hydrogen) atoms. The lowest BCUT2D eigenvalue weighted by atomic mass is 9.79. The molecule has 0 aliphatic heterocycles. The number of aliphatic hydroxyl groups is 1. The summed E-state index contributed by atoms with van der Waals surface area (Å²) in [6, 6.07) is 0. The molecular weight excluding hydrogens is 148 g/mol. The minimum Gasteiger partial charge on any atom is -0.390 e. The third-order valence-corrected chi connectivity index (χ3v) is 3.76. The van der Waals surface area contributed by atoms with Crippen molar-refractivity contribution in [2.45, 2.75) is 58.5 Å². The molecule has 1 aliphatic carbocycles. The summed E-state index contributed by atoms with van der Waals surface area (Å²) in [5.74, 6) is 1.25. The van der Waals surface area contributed by atoms with Crippen LogP contribution in [0.5, 0.6) is 0 Å². The van der Waals surface area contributed by atoms with Crippen LogP contribution in [0.2, 0.25) is 0 Å². The van der Waals surface area contributed by atoms with E-state index in [4.69, 9.17) is 0 Å². The summed E-state index contributed by atoms with van der Waals surface area (Å²) in [5, 5.41) is 10.3. The summed E-state index contributed by atoms with van der Waals surface area (Å²) in [6.45, 7) is 6.61. The van der Waals surface area contributed by atoms with Crippen LogP contribution < -0.4 is 0 Å². The van der Waals surface area contributed by atoms with Crippen molar-refractivity contribution in [3.8, 4) is 0 Å². The molecule has 1 aliphatic rings. The summed E-state index contributed by atoms with van der Waals surface area (Å²) in [4.78, 5) is 0. The lowest BCUT2D eigenvalue weighted by Crippen LogP contribution is -2.35. The van der Waals surface area contributed by atoms with Crippen LogP contribution in [-0.4, -0.2) is 10.7 Å². The van der Waals surface area contributed by atoms with E-state index in [1.807, 2.05) is 0 Å². The van der Waals surface area contributed by atoms with Crippen molar-refractivity contribution in [2.75, 3.05) is 0 Å². The highest BCUT2D eigenvalue weighted by molar-refractivity contribution is 4.93. The van der Waals surface area contributed by atoms with Crippen LogP contribution in [0.3, 0.4) is 0 Å². The molecule has 0 aromatic carbocycles. The Balaban J connectivity index is 2.63. The zero-order valence-electron chi connectivity index (χ0n) is 8.64. The van der Waals surface area contributed by atoms with Gasteiger partial charge in [-0.3, -0.25) is 0 Å². The highest BCUT2D eigenvalue weighted by atomic mass is 16.3. The van der Waals surface area contributed by atoms with Crippen molar-refractivity contribution in [1.29, 1.82) is 0 Å². The predicted octanol–water partition coefficient (Wildman–Crippen LogP) is 2.97. The molecule has 1 rings (SSSR count). The normalized spacial score (nSPS) is 38.5. The Morgan fingerprint density at radius 2 is 2.17 bits per heavy atom. The Kier molecular flexibility index (Phi) is 3.16. The first-order valence-electron chi connectivity index (χ1n) is 5.36. The number of hydrogen-bond acceptors (Lipinski definition) is 1. The van der Waals surface area contributed by atoms with E-state index in [2.05, 4.69) is 20.8 Å². The first kappa shape index (κ1) is 10.0. The van der Waals surface area contributed by atoms with Crippen LogP contribution >= 0.6 is 0 Å². The summed E-state index contributed by atoms with van der Waals surface area (Å²) < 4.78 is 0. The maximum atomic E-state index is 10.3. The molecule has 1 nitrogen and oxygen atoms in total. The Morgan fingerprint density at radius 3 is 2.67 bits per heavy atom. The van der Waals surface area contributed by atoms with Gasteiger partial charge in [0.05, 0.1) is 5.60 Å². The van der Waals surface area contributed by atoms with E-state index in [0.717, 1.165) is 12.8 Å². The van der Waals surface area contributed by atoms with Crippen LogP contribution in [0.4, 0.5) is 0 Å². The second-order valence-corrected chi connectivity index (χ2v) is 4.34. The molecule has 0 heterocycles. The van der Waals surface area contributed by atoms with Crippen LogP contribution in [0, 0.1) is 11.8 Å². The molecule has 0 amide bonds. The topological polar surface area (TPSA) is 20.2 Å². The molecule has 0 spiro atoms. The summed E-state index contributed by atoms with van der Waals surface area (Å²) in [7, 11) is 0. The van der Waals surface area contributed by atoms with E-state index < -0.39 is 0 Å². The maximum Gasteiger partial charge on any atom is 0.0675 e. The Morgan fingerprint density at radius 1 is 1.50 bits per heavy atom. The van der Waals surface area contributed by atoms with Crippen molar-refractivity contribution in [1.82, 2.24) is 0 Å². The van der Waals surface area contributed by atoms with E-state index in [1.165, 1.54) is 19.3 Å². The van der Waals surface area contributed by atoms with Crippen LogP contribution in [-0.2, 0) is 0 Å². The zero-order valence-corrected chi connectivity index (χ0v) is 8.64. The van der Waals surface area contributed by atoms with Crippen molar-refractivity contribution >= 4 is 0 Å². The maximum absolute atomic E-state index is 10.3. The number of rotatable bonds is 3. The van der Waals surface area contributed by atoms with Crippen molar-refractivity contribution in [2.24, 2.45) is 11.8 Å². The fourth-order valence-corrected chi connectivity index (χ4v) is 2.62. The molecule has 0 saturated heterocycles. The molecule has 3 unspecified atom stereocenters. The quantitative estimate of drug-likeness (QED) is 0.690. The summed E-state index contributed by atoms with van der Waals surface area (Å²) >= 11 is 0. The van der Waals surface area contributed by atoms with Gasteiger partial charge in [-0.1, -0.05) is 33.6 Å². The lowest BCUT2D eigenvalue weighted by Gasteiger charge is -2.32. The van der Waals surface area contributed by atoms with Crippen molar-refractivity contribution < 1.29 is 5.11 Å². The molecule has 1 N–H and O–H groups in total. The highest BCUT2D eigenvalue weighted by Gasteiger charge is 2.41. The molecule has 1 saturated carbocycles. The standard InChI is InChI=1S/C11H22O/c1-4-9(3)10-7-6-8-11(10,12)5-2/h9-10,12H,4-8H2,1-3H3. The molecule has 1 fully saturated rings. The highest BCUT2D eigenvalue weighted by Crippen LogP contribution is 2.43. The van der Waals surface area contributed by atoms with Crippen LogP contribution in [0.25, 0.3) is 0 Å². The molecule has 0 bridgehead atoms. The summed E-state index contributed by atoms with van der Waals surface area (Å²) in [5.41, 5.74) is -0.324. The fraction of sp³-hybridized carbons (Fsp3) is 1.00. The van der Waals surface area contributed by atoms with Gasteiger partial charge in [-0.15, -0.1) is 0 Å². The molecular formula is C11H22O. The van der Waals surface area contributed by atoms with E-state index >= 15 is 0 Å².